The summed E-state index contributed by atoms with van der Waals surface area (Å²) in [7, 11) is 0. The van der Waals surface area contributed by atoms with Gasteiger partial charge in [-0.3, -0.25) is 9.59 Å². The maximum absolute atomic E-state index is 14.2. The number of benzene rings is 2. The Morgan fingerprint density at radius 1 is 1.03 bits per heavy atom. The normalized spacial score (nSPS) is 10.9. The maximum Gasteiger partial charge on any atom is 0.267 e. The van der Waals surface area contributed by atoms with Crippen molar-refractivity contribution in [2.45, 2.75) is 6.92 Å². The molecule has 2 N–H and O–H groups in total. The van der Waals surface area contributed by atoms with Gasteiger partial charge in [-0.2, -0.15) is 0 Å². The van der Waals surface area contributed by atoms with Crippen molar-refractivity contribution in [2.75, 3.05) is 10.6 Å². The summed E-state index contributed by atoms with van der Waals surface area (Å²) in [6, 6.07) is 9.30. The molecule has 0 saturated carbocycles. The molecule has 2 amide bonds. The van der Waals surface area contributed by atoms with E-state index in [0.29, 0.717) is 15.8 Å². The van der Waals surface area contributed by atoms with Crippen LogP contribution < -0.4 is 10.6 Å². The molecule has 2 heterocycles. The molecular formula is C21H13ClF2N2O3S. The first-order valence-electron chi connectivity index (χ1n) is 8.67. The van der Waals surface area contributed by atoms with Gasteiger partial charge in [0.05, 0.1) is 22.5 Å². The van der Waals surface area contributed by atoms with Gasteiger partial charge in [-0.25, -0.2) is 8.78 Å². The standard InChI is InChI=1S/C21H13ClF2N2O3S/c1-10-13(6-7-29-10)20(27)26-16-9-12(3-5-15(16)24)25-21(28)19-18(22)14-4-2-11(23)8-17(14)30-19/h2-9H,1H3,(H,25,28)(H,26,27). The lowest BCUT2D eigenvalue weighted by Crippen LogP contribution is -2.15. The molecule has 2 aromatic heterocycles. The first-order valence-corrected chi connectivity index (χ1v) is 9.87. The van der Waals surface area contributed by atoms with Gasteiger partial charge < -0.3 is 15.1 Å². The van der Waals surface area contributed by atoms with Gasteiger partial charge in [0, 0.05) is 15.8 Å². The predicted octanol–water partition coefficient (Wildman–Crippen LogP) is 6.24. The van der Waals surface area contributed by atoms with E-state index in [1.807, 2.05) is 0 Å². The van der Waals surface area contributed by atoms with Crippen LogP contribution in [0.2, 0.25) is 5.02 Å². The van der Waals surface area contributed by atoms with Crippen molar-refractivity contribution >= 4 is 56.2 Å². The molecule has 0 aliphatic rings. The van der Waals surface area contributed by atoms with Crippen molar-refractivity contribution in [2.24, 2.45) is 0 Å². The first-order chi connectivity index (χ1) is 14.3. The molecule has 0 fully saturated rings. The fourth-order valence-electron chi connectivity index (χ4n) is 2.88. The Bertz CT molecular complexity index is 1300. The van der Waals surface area contributed by atoms with E-state index in [1.54, 1.807) is 6.92 Å². The number of rotatable bonds is 4. The van der Waals surface area contributed by atoms with E-state index in [1.165, 1.54) is 42.7 Å². The number of carbonyl (C=O) groups is 2. The summed E-state index contributed by atoms with van der Waals surface area (Å²) in [4.78, 5) is 25.2. The van der Waals surface area contributed by atoms with Crippen molar-refractivity contribution in [3.63, 3.8) is 0 Å². The monoisotopic (exact) mass is 446 g/mol. The molecule has 0 spiro atoms. The largest absolute Gasteiger partial charge is 0.469 e. The third-order valence-corrected chi connectivity index (χ3v) is 6.03. The van der Waals surface area contributed by atoms with E-state index in [9.17, 15) is 18.4 Å². The summed E-state index contributed by atoms with van der Waals surface area (Å²) in [6.45, 7) is 1.61. The molecule has 0 aliphatic carbocycles. The maximum atomic E-state index is 14.2. The van der Waals surface area contributed by atoms with Crippen molar-refractivity contribution in [1.82, 2.24) is 0 Å². The summed E-state index contributed by atoms with van der Waals surface area (Å²) in [5.74, 6) is -1.78. The molecule has 0 atom stereocenters. The number of carbonyl (C=O) groups excluding carboxylic acids is 2. The second-order valence-electron chi connectivity index (χ2n) is 6.38. The third-order valence-electron chi connectivity index (χ3n) is 4.37. The molecular weight excluding hydrogens is 434 g/mol. The minimum Gasteiger partial charge on any atom is -0.469 e. The Morgan fingerprint density at radius 3 is 2.57 bits per heavy atom. The van der Waals surface area contributed by atoms with E-state index in [2.05, 4.69) is 10.6 Å². The number of aryl methyl sites for hydroxylation is 1. The van der Waals surface area contributed by atoms with Crippen LogP contribution in [0, 0.1) is 18.6 Å². The van der Waals surface area contributed by atoms with Gasteiger partial charge in [0.25, 0.3) is 11.8 Å². The second-order valence-corrected chi connectivity index (χ2v) is 7.81. The third kappa shape index (κ3) is 3.79. The van der Waals surface area contributed by atoms with Gasteiger partial charge in [-0.15, -0.1) is 11.3 Å². The summed E-state index contributed by atoms with van der Waals surface area (Å²) in [5.41, 5.74) is 0.413. The molecule has 30 heavy (non-hydrogen) atoms. The number of anilines is 2. The van der Waals surface area contributed by atoms with Crippen LogP contribution in [0.25, 0.3) is 10.1 Å². The molecule has 4 aromatic rings. The SMILES string of the molecule is Cc1occc1C(=O)Nc1cc(NC(=O)c2sc3cc(F)ccc3c2Cl)ccc1F. The van der Waals surface area contributed by atoms with Gasteiger partial charge >= 0.3 is 0 Å². The Kier molecular flexibility index (Phi) is 5.27. The number of hydrogen-bond donors (Lipinski definition) is 2. The van der Waals surface area contributed by atoms with Crippen LogP contribution in [0.3, 0.4) is 0 Å². The zero-order valence-corrected chi connectivity index (χ0v) is 17.0. The second kappa shape index (κ2) is 7.89. The molecule has 152 valence electrons. The summed E-state index contributed by atoms with van der Waals surface area (Å²) < 4.78 is 33.2. The topological polar surface area (TPSA) is 71.3 Å². The quantitative estimate of drug-likeness (QED) is 0.390. The highest BCUT2D eigenvalue weighted by Gasteiger charge is 2.19. The molecule has 9 heteroatoms. The Labute approximate surface area is 178 Å². The number of halogens is 3. The van der Waals surface area contributed by atoms with Crippen LogP contribution in [0.1, 0.15) is 25.8 Å². The van der Waals surface area contributed by atoms with Gasteiger partial charge in [0.15, 0.2) is 0 Å². The van der Waals surface area contributed by atoms with Gasteiger partial charge in [-0.05, 0) is 49.4 Å². The van der Waals surface area contributed by atoms with Crippen LogP contribution >= 0.6 is 22.9 Å². The number of hydrogen-bond acceptors (Lipinski definition) is 4. The van der Waals surface area contributed by atoms with Gasteiger partial charge in [-0.1, -0.05) is 11.6 Å². The lowest BCUT2D eigenvalue weighted by atomic mass is 10.2. The van der Waals surface area contributed by atoms with Crippen molar-refractivity contribution in [1.29, 1.82) is 0 Å². The van der Waals surface area contributed by atoms with Crippen LogP contribution in [0.5, 0.6) is 0 Å². The molecule has 0 aliphatic heterocycles. The average molecular weight is 447 g/mol. The number of amides is 2. The van der Waals surface area contributed by atoms with Crippen molar-refractivity contribution in [3.8, 4) is 0 Å². The van der Waals surface area contributed by atoms with E-state index in [0.717, 1.165) is 17.4 Å². The highest BCUT2D eigenvalue weighted by Crippen LogP contribution is 2.36. The van der Waals surface area contributed by atoms with Crippen molar-refractivity contribution < 1.29 is 22.8 Å². The Balaban J connectivity index is 1.57. The van der Waals surface area contributed by atoms with E-state index in [4.69, 9.17) is 16.0 Å². The lowest BCUT2D eigenvalue weighted by molar-refractivity contribution is 0.102. The fraction of sp³-hybridized carbons (Fsp3) is 0.0476. The van der Waals surface area contributed by atoms with E-state index < -0.39 is 23.4 Å². The zero-order valence-electron chi connectivity index (χ0n) is 15.4. The highest BCUT2D eigenvalue weighted by atomic mass is 35.5. The fourth-order valence-corrected chi connectivity index (χ4v) is 4.32. The van der Waals surface area contributed by atoms with Crippen LogP contribution in [-0.4, -0.2) is 11.8 Å². The van der Waals surface area contributed by atoms with E-state index >= 15 is 0 Å². The smallest absolute Gasteiger partial charge is 0.267 e. The molecule has 2 aromatic carbocycles. The summed E-state index contributed by atoms with van der Waals surface area (Å²) >= 11 is 7.31. The highest BCUT2D eigenvalue weighted by molar-refractivity contribution is 7.21. The number of thiophene rings is 1. The number of fused-ring (bicyclic) bond motifs is 1. The number of nitrogens with one attached hydrogen (secondary N) is 2. The van der Waals surface area contributed by atoms with Crippen LogP contribution in [-0.2, 0) is 0 Å². The molecule has 0 bridgehead atoms. The molecule has 0 saturated heterocycles. The Hall–Kier alpha value is -3.23. The molecule has 5 nitrogen and oxygen atoms in total. The first kappa shape index (κ1) is 20.1. The number of furan rings is 1. The van der Waals surface area contributed by atoms with Crippen molar-refractivity contribution in [3.05, 3.63) is 81.6 Å². The lowest BCUT2D eigenvalue weighted by Gasteiger charge is -2.09. The molecule has 0 unspecified atom stereocenters. The molecule has 0 radical (unpaired) electrons. The molecule has 4 rings (SSSR count). The van der Waals surface area contributed by atoms with Gasteiger partial charge in [0.1, 0.15) is 22.3 Å². The Morgan fingerprint density at radius 2 is 1.83 bits per heavy atom. The minimum absolute atomic E-state index is 0.108. The van der Waals surface area contributed by atoms with Crippen LogP contribution in [0.15, 0.2) is 53.1 Å². The minimum atomic E-state index is -0.669. The average Bonchev–Trinajstić information content (AvgIpc) is 3.27. The van der Waals surface area contributed by atoms with E-state index in [-0.39, 0.29) is 26.8 Å². The zero-order chi connectivity index (χ0) is 21.4. The van der Waals surface area contributed by atoms with Crippen LogP contribution in [0.4, 0.5) is 20.2 Å². The predicted molar refractivity (Wildman–Crippen MR) is 113 cm³/mol. The van der Waals surface area contributed by atoms with Gasteiger partial charge in [0.2, 0.25) is 0 Å². The summed E-state index contributed by atoms with van der Waals surface area (Å²) in [6.07, 6.45) is 1.36. The summed E-state index contributed by atoms with van der Waals surface area (Å²) in [5, 5.41) is 5.85.